The third-order valence-electron chi connectivity index (χ3n) is 9.96. The molecule has 1 saturated heterocycles. The molecule has 3 nitrogen and oxygen atoms in total. The van der Waals surface area contributed by atoms with E-state index >= 15 is 0 Å². The lowest BCUT2D eigenvalue weighted by atomic mass is 9.47. The average Bonchev–Trinajstić information content (AvgIpc) is 3.06. The van der Waals surface area contributed by atoms with Crippen LogP contribution in [0.25, 0.3) is 0 Å². The highest BCUT2D eigenvalue weighted by molar-refractivity contribution is 5.73. The predicted molar refractivity (Wildman–Crippen MR) is 111 cm³/mol. The van der Waals surface area contributed by atoms with Crippen LogP contribution in [0.1, 0.15) is 98.8 Å². The zero-order chi connectivity index (χ0) is 20.3. The molecular formula is C25H42O3. The molecular weight excluding hydrogens is 348 g/mol. The summed E-state index contributed by atoms with van der Waals surface area (Å²) in [5, 5.41) is 11.1. The van der Waals surface area contributed by atoms with Crippen LogP contribution in [0.4, 0.5) is 0 Å². The van der Waals surface area contributed by atoms with Gasteiger partial charge in [0.1, 0.15) is 0 Å². The molecule has 160 valence electrons. The van der Waals surface area contributed by atoms with Crippen LogP contribution >= 0.6 is 0 Å². The summed E-state index contributed by atoms with van der Waals surface area (Å²) in [6, 6.07) is 0. The monoisotopic (exact) mass is 390 g/mol. The molecule has 4 rings (SSSR count). The number of rotatable bonds is 5. The molecule has 1 N–H and O–H groups in total. The predicted octanol–water partition coefficient (Wildman–Crippen LogP) is 5.94. The van der Waals surface area contributed by atoms with E-state index in [2.05, 4.69) is 34.6 Å². The first kappa shape index (κ1) is 20.7. The fraction of sp³-hybridized carbons (Fsp3) is 0.960. The highest BCUT2D eigenvalue weighted by atomic mass is 16.7. The molecule has 3 heteroatoms. The van der Waals surface area contributed by atoms with E-state index in [-0.39, 0.29) is 11.4 Å². The Bertz CT molecular complexity index is 615. The molecule has 4 aliphatic rings. The van der Waals surface area contributed by atoms with Crippen molar-refractivity contribution < 1.29 is 14.6 Å². The summed E-state index contributed by atoms with van der Waals surface area (Å²) in [6.07, 6.45) is 11.3. The van der Waals surface area contributed by atoms with Crippen LogP contribution in [-0.4, -0.2) is 16.9 Å². The van der Waals surface area contributed by atoms with E-state index in [0.717, 1.165) is 36.5 Å². The highest BCUT2D eigenvalue weighted by Gasteiger charge is 2.68. The van der Waals surface area contributed by atoms with Gasteiger partial charge in [-0.05, 0) is 73.0 Å². The Kier molecular flexibility index (Phi) is 5.17. The first-order valence-electron chi connectivity index (χ1n) is 12.0. The maximum Gasteiger partial charge on any atom is 0.309 e. The molecule has 0 aromatic carbocycles. The van der Waals surface area contributed by atoms with E-state index < -0.39 is 5.79 Å². The lowest BCUT2D eigenvalue weighted by Gasteiger charge is -2.58. The summed E-state index contributed by atoms with van der Waals surface area (Å²) in [4.78, 5) is 12.1. The zero-order valence-electron chi connectivity index (χ0n) is 18.8. The van der Waals surface area contributed by atoms with Gasteiger partial charge in [-0.3, -0.25) is 4.79 Å². The number of hydrogen-bond acceptors (Lipinski definition) is 3. The Morgan fingerprint density at radius 1 is 1.04 bits per heavy atom. The van der Waals surface area contributed by atoms with Crippen molar-refractivity contribution in [1.29, 1.82) is 0 Å². The van der Waals surface area contributed by atoms with Gasteiger partial charge in [0.15, 0.2) is 0 Å². The van der Waals surface area contributed by atoms with Gasteiger partial charge >= 0.3 is 5.97 Å². The Labute approximate surface area is 172 Å². The molecule has 0 radical (unpaired) electrons. The number of hydrogen-bond donors (Lipinski definition) is 1. The zero-order valence-corrected chi connectivity index (χ0v) is 18.8. The molecule has 28 heavy (non-hydrogen) atoms. The number of carbonyl (C=O) groups is 1. The van der Waals surface area contributed by atoms with Gasteiger partial charge in [-0.25, -0.2) is 0 Å². The summed E-state index contributed by atoms with van der Waals surface area (Å²) < 4.78 is 5.48. The number of carbonyl (C=O) groups excluding carboxylic acids is 1. The molecule has 8 unspecified atom stereocenters. The fourth-order valence-electron chi connectivity index (χ4n) is 8.40. The van der Waals surface area contributed by atoms with Gasteiger partial charge in [-0.15, -0.1) is 0 Å². The number of esters is 1. The van der Waals surface area contributed by atoms with E-state index in [4.69, 9.17) is 4.74 Å². The second-order valence-corrected chi connectivity index (χ2v) is 11.8. The van der Waals surface area contributed by atoms with Gasteiger partial charge in [0.25, 0.3) is 0 Å². The van der Waals surface area contributed by atoms with E-state index in [9.17, 15) is 9.90 Å². The van der Waals surface area contributed by atoms with E-state index in [0.29, 0.717) is 30.1 Å². The van der Waals surface area contributed by atoms with Crippen molar-refractivity contribution in [2.45, 2.75) is 105 Å². The maximum atomic E-state index is 12.1. The largest absolute Gasteiger partial charge is 0.433 e. The van der Waals surface area contributed by atoms with Crippen LogP contribution < -0.4 is 0 Å². The molecule has 1 aliphatic heterocycles. The molecule has 0 spiro atoms. The third-order valence-corrected chi connectivity index (χ3v) is 9.96. The lowest BCUT2D eigenvalue weighted by Crippen LogP contribution is -2.58. The van der Waals surface area contributed by atoms with Crippen molar-refractivity contribution in [3.05, 3.63) is 0 Å². The summed E-state index contributed by atoms with van der Waals surface area (Å²) in [7, 11) is 0. The van der Waals surface area contributed by atoms with E-state index in [1.165, 1.54) is 38.5 Å². The standard InChI is InChI=1S/C25H42O3/c1-16(2)7-6-8-17(3)19-9-10-20-18-11-14-25(27)24(5,15-22(26)28-25)21(18)12-13-23(19,20)4/h16-21,27H,6-15H2,1-5H3. The Hall–Kier alpha value is -0.570. The van der Waals surface area contributed by atoms with Crippen LogP contribution in [0.15, 0.2) is 0 Å². The summed E-state index contributed by atoms with van der Waals surface area (Å²) in [6.45, 7) is 11.9. The molecule has 0 aromatic rings. The summed E-state index contributed by atoms with van der Waals surface area (Å²) in [5.41, 5.74) is 0.0724. The number of aliphatic hydroxyl groups is 1. The molecule has 3 aliphatic carbocycles. The van der Waals surface area contributed by atoms with Crippen molar-refractivity contribution in [2.75, 3.05) is 0 Å². The topological polar surface area (TPSA) is 46.5 Å². The number of ether oxygens (including phenoxy) is 1. The second-order valence-electron chi connectivity index (χ2n) is 11.8. The smallest absolute Gasteiger partial charge is 0.309 e. The summed E-state index contributed by atoms with van der Waals surface area (Å²) >= 11 is 0. The minimum absolute atomic E-state index is 0.193. The lowest BCUT2D eigenvalue weighted by molar-refractivity contribution is -0.269. The van der Waals surface area contributed by atoms with Crippen LogP contribution in [-0.2, 0) is 9.53 Å². The molecule has 8 atom stereocenters. The third kappa shape index (κ3) is 2.97. The SMILES string of the molecule is CC(C)CCCC(C)C1CCC2C3CCC4(O)OC(=O)CC4(C)C3CCC12C. The van der Waals surface area contributed by atoms with Gasteiger partial charge < -0.3 is 9.84 Å². The Balaban J connectivity index is 1.50. The van der Waals surface area contributed by atoms with Crippen molar-refractivity contribution in [3.8, 4) is 0 Å². The van der Waals surface area contributed by atoms with Gasteiger partial charge in [-0.1, -0.05) is 53.9 Å². The van der Waals surface area contributed by atoms with Crippen LogP contribution in [0, 0.1) is 46.3 Å². The molecule has 3 saturated carbocycles. The first-order valence-corrected chi connectivity index (χ1v) is 12.0. The maximum absolute atomic E-state index is 12.1. The molecule has 0 amide bonds. The molecule has 0 aromatic heterocycles. The number of fused-ring (bicyclic) bond motifs is 5. The Morgan fingerprint density at radius 2 is 1.79 bits per heavy atom. The highest BCUT2D eigenvalue weighted by Crippen LogP contribution is 2.69. The van der Waals surface area contributed by atoms with Crippen molar-refractivity contribution >= 4 is 5.97 Å². The van der Waals surface area contributed by atoms with Crippen LogP contribution in [0.3, 0.4) is 0 Å². The van der Waals surface area contributed by atoms with Gasteiger partial charge in [0, 0.05) is 11.8 Å². The van der Waals surface area contributed by atoms with Gasteiger partial charge in [0.05, 0.1) is 6.42 Å². The van der Waals surface area contributed by atoms with Crippen molar-refractivity contribution in [3.63, 3.8) is 0 Å². The quantitative estimate of drug-likeness (QED) is 0.591. The second kappa shape index (κ2) is 7.00. The summed E-state index contributed by atoms with van der Waals surface area (Å²) in [5.74, 6) is 2.94. The minimum Gasteiger partial charge on any atom is -0.433 e. The fourth-order valence-corrected chi connectivity index (χ4v) is 8.40. The minimum atomic E-state index is -1.21. The van der Waals surface area contributed by atoms with Crippen molar-refractivity contribution in [1.82, 2.24) is 0 Å². The first-order chi connectivity index (χ1) is 13.1. The van der Waals surface area contributed by atoms with Gasteiger partial charge in [-0.2, -0.15) is 0 Å². The van der Waals surface area contributed by atoms with E-state index in [1.54, 1.807) is 0 Å². The van der Waals surface area contributed by atoms with Gasteiger partial charge in [0.2, 0.25) is 5.79 Å². The Morgan fingerprint density at radius 3 is 2.50 bits per heavy atom. The van der Waals surface area contributed by atoms with Crippen LogP contribution in [0.2, 0.25) is 0 Å². The van der Waals surface area contributed by atoms with Crippen LogP contribution in [0.5, 0.6) is 0 Å². The van der Waals surface area contributed by atoms with E-state index in [1.807, 2.05) is 0 Å². The molecule has 1 heterocycles. The van der Waals surface area contributed by atoms with Crippen molar-refractivity contribution in [2.24, 2.45) is 46.3 Å². The molecule has 4 fully saturated rings. The molecule has 0 bridgehead atoms. The average molecular weight is 391 g/mol. The normalized spacial score (nSPS) is 48.8.